The van der Waals surface area contributed by atoms with Gasteiger partial charge in [0.15, 0.2) is 0 Å². The van der Waals surface area contributed by atoms with Crippen molar-refractivity contribution in [2.75, 3.05) is 16.2 Å². The number of sulfonamides is 1. The van der Waals surface area contributed by atoms with Crippen LogP contribution in [0.25, 0.3) is 0 Å². The van der Waals surface area contributed by atoms with Crippen LogP contribution < -0.4 is 14.9 Å². The van der Waals surface area contributed by atoms with Gasteiger partial charge >= 0.3 is 0 Å². The van der Waals surface area contributed by atoms with Crippen molar-refractivity contribution in [3.05, 3.63) is 88.4 Å². The molecular formula is C25H25Cl2N3O4S. The summed E-state index contributed by atoms with van der Waals surface area (Å²) in [6, 6.07) is 18.3. The summed E-state index contributed by atoms with van der Waals surface area (Å²) in [7, 11) is -4.14. The maximum atomic E-state index is 13.5. The molecule has 7 nitrogen and oxygen atoms in total. The Morgan fingerprint density at radius 3 is 2.29 bits per heavy atom. The lowest BCUT2D eigenvalue weighted by molar-refractivity contribution is -0.114. The molecule has 0 aromatic heterocycles. The lowest BCUT2D eigenvalue weighted by Crippen LogP contribution is -2.38. The molecule has 184 valence electrons. The summed E-state index contributed by atoms with van der Waals surface area (Å²) in [6.07, 6.45) is 0.747. The largest absolute Gasteiger partial charge is 0.350 e. The number of carbonyl (C=O) groups is 2. The third-order valence-corrected chi connectivity index (χ3v) is 7.50. The number of benzene rings is 3. The number of hydrogen-bond donors (Lipinski definition) is 2. The van der Waals surface area contributed by atoms with Gasteiger partial charge in [0.25, 0.3) is 15.9 Å². The van der Waals surface area contributed by atoms with E-state index in [2.05, 4.69) is 10.6 Å². The lowest BCUT2D eigenvalue weighted by atomic mass is 10.1. The summed E-state index contributed by atoms with van der Waals surface area (Å²) in [4.78, 5) is 25.7. The van der Waals surface area contributed by atoms with Crippen LogP contribution in [0.3, 0.4) is 0 Å². The van der Waals surface area contributed by atoms with Crippen molar-refractivity contribution in [2.24, 2.45) is 0 Å². The molecule has 10 heteroatoms. The van der Waals surface area contributed by atoms with Crippen molar-refractivity contribution in [2.45, 2.75) is 31.2 Å². The number of rotatable bonds is 9. The monoisotopic (exact) mass is 533 g/mol. The summed E-state index contributed by atoms with van der Waals surface area (Å²) in [5, 5.41) is 6.22. The van der Waals surface area contributed by atoms with E-state index in [4.69, 9.17) is 23.2 Å². The molecule has 35 heavy (non-hydrogen) atoms. The Hall–Kier alpha value is -3.07. The fourth-order valence-electron chi connectivity index (χ4n) is 3.19. The van der Waals surface area contributed by atoms with Crippen molar-refractivity contribution in [3.8, 4) is 0 Å². The Morgan fingerprint density at radius 1 is 0.943 bits per heavy atom. The topological polar surface area (TPSA) is 95.6 Å². The molecule has 0 saturated carbocycles. The number of anilines is 2. The van der Waals surface area contributed by atoms with Gasteiger partial charge in [0.2, 0.25) is 5.91 Å². The zero-order valence-electron chi connectivity index (χ0n) is 19.2. The van der Waals surface area contributed by atoms with Crippen LogP contribution in [0.2, 0.25) is 10.0 Å². The van der Waals surface area contributed by atoms with Crippen LogP contribution in [0.1, 0.15) is 30.6 Å². The van der Waals surface area contributed by atoms with Crippen LogP contribution in [-0.4, -0.2) is 32.8 Å². The Labute approximate surface area is 215 Å². The van der Waals surface area contributed by atoms with Crippen molar-refractivity contribution in [1.82, 2.24) is 5.32 Å². The molecule has 3 rings (SSSR count). The van der Waals surface area contributed by atoms with Gasteiger partial charge in [0.05, 0.1) is 21.8 Å². The maximum absolute atomic E-state index is 13.5. The lowest BCUT2D eigenvalue weighted by Gasteiger charge is -2.24. The first-order chi connectivity index (χ1) is 16.6. The van der Waals surface area contributed by atoms with Gasteiger partial charge in [0, 0.05) is 16.1 Å². The molecule has 3 aromatic carbocycles. The summed E-state index contributed by atoms with van der Waals surface area (Å²) in [5.41, 5.74) is 0.759. The standard InChI is InChI=1S/C25H25Cl2N3O4S/c1-3-17(2)28-25(32)22-9-4-5-10-23(22)29-24(31)16-30(20-8-6-7-19(27)15-20)35(33,34)21-13-11-18(26)12-14-21/h4-15,17H,3,16H2,1-2H3,(H,28,32)(H,29,31)/t17-/m0/s1. The molecule has 0 aliphatic carbocycles. The van der Waals surface area contributed by atoms with Crippen LogP contribution in [0.15, 0.2) is 77.7 Å². The third-order valence-electron chi connectivity index (χ3n) is 5.22. The molecule has 0 heterocycles. The molecule has 0 spiro atoms. The molecule has 0 radical (unpaired) electrons. The first-order valence-corrected chi connectivity index (χ1v) is 13.0. The minimum atomic E-state index is -4.14. The summed E-state index contributed by atoms with van der Waals surface area (Å²) in [6.45, 7) is 3.28. The number of halogens is 2. The van der Waals surface area contributed by atoms with Gasteiger partial charge in [-0.15, -0.1) is 0 Å². The van der Waals surface area contributed by atoms with E-state index >= 15 is 0 Å². The first-order valence-electron chi connectivity index (χ1n) is 10.9. The second-order valence-corrected chi connectivity index (χ2v) is 10.6. The van der Waals surface area contributed by atoms with Gasteiger partial charge in [0.1, 0.15) is 6.54 Å². The van der Waals surface area contributed by atoms with Crippen LogP contribution in [-0.2, 0) is 14.8 Å². The van der Waals surface area contributed by atoms with Crippen molar-refractivity contribution < 1.29 is 18.0 Å². The fourth-order valence-corrected chi connectivity index (χ4v) is 4.92. The Bertz CT molecular complexity index is 1310. The normalized spacial score (nSPS) is 12.0. The van der Waals surface area contributed by atoms with E-state index in [-0.39, 0.29) is 33.8 Å². The second-order valence-electron chi connectivity index (χ2n) is 7.82. The van der Waals surface area contributed by atoms with Gasteiger partial charge in [-0.1, -0.05) is 48.3 Å². The summed E-state index contributed by atoms with van der Waals surface area (Å²) in [5.74, 6) is -0.970. The van der Waals surface area contributed by atoms with Gasteiger partial charge in [-0.2, -0.15) is 0 Å². The predicted octanol–water partition coefficient (Wildman–Crippen LogP) is 5.36. The first kappa shape index (κ1) is 26.5. The number of hydrogen-bond acceptors (Lipinski definition) is 4. The smallest absolute Gasteiger partial charge is 0.264 e. The van der Waals surface area contributed by atoms with E-state index < -0.39 is 22.5 Å². The van der Waals surface area contributed by atoms with E-state index in [0.29, 0.717) is 10.0 Å². The molecule has 2 amide bonds. The molecular weight excluding hydrogens is 509 g/mol. The average Bonchev–Trinajstić information content (AvgIpc) is 2.83. The van der Waals surface area contributed by atoms with Gasteiger partial charge in [-0.05, 0) is 67.9 Å². The zero-order valence-corrected chi connectivity index (χ0v) is 21.5. The number of nitrogens with one attached hydrogen (secondary N) is 2. The Balaban J connectivity index is 1.91. The van der Waals surface area contributed by atoms with Gasteiger partial charge in [-0.25, -0.2) is 8.42 Å². The molecule has 1 atom stereocenters. The minimum Gasteiger partial charge on any atom is -0.350 e. The molecule has 0 aliphatic rings. The maximum Gasteiger partial charge on any atom is 0.264 e. The molecule has 3 aromatic rings. The van der Waals surface area contributed by atoms with Crippen LogP contribution in [0.4, 0.5) is 11.4 Å². The van der Waals surface area contributed by atoms with E-state index in [1.54, 1.807) is 42.5 Å². The van der Waals surface area contributed by atoms with E-state index in [1.807, 2.05) is 13.8 Å². The molecule has 0 bridgehead atoms. The van der Waals surface area contributed by atoms with E-state index in [0.717, 1.165) is 10.7 Å². The van der Waals surface area contributed by atoms with Crippen LogP contribution >= 0.6 is 23.2 Å². The number of carbonyl (C=O) groups excluding carboxylic acids is 2. The molecule has 0 fully saturated rings. The number of amides is 2. The minimum absolute atomic E-state index is 0.0389. The Kier molecular flexibility index (Phi) is 8.77. The SMILES string of the molecule is CC[C@H](C)NC(=O)c1ccccc1NC(=O)CN(c1cccc(Cl)c1)S(=O)(=O)c1ccc(Cl)cc1. The van der Waals surface area contributed by atoms with Crippen LogP contribution in [0.5, 0.6) is 0 Å². The van der Waals surface area contributed by atoms with Crippen molar-refractivity contribution in [3.63, 3.8) is 0 Å². The fraction of sp³-hybridized carbons (Fsp3) is 0.200. The predicted molar refractivity (Wildman–Crippen MR) is 140 cm³/mol. The summed E-state index contributed by atoms with van der Waals surface area (Å²) >= 11 is 12.0. The van der Waals surface area contributed by atoms with E-state index in [9.17, 15) is 18.0 Å². The molecule has 0 aliphatic heterocycles. The van der Waals surface area contributed by atoms with Crippen molar-refractivity contribution >= 4 is 56.4 Å². The molecule has 0 unspecified atom stereocenters. The highest BCUT2D eigenvalue weighted by Gasteiger charge is 2.28. The van der Waals surface area contributed by atoms with Crippen molar-refractivity contribution in [1.29, 1.82) is 0 Å². The Morgan fingerprint density at radius 2 is 1.63 bits per heavy atom. The molecule has 2 N–H and O–H groups in total. The quantitative estimate of drug-likeness (QED) is 0.387. The van der Waals surface area contributed by atoms with Gasteiger partial charge in [-0.3, -0.25) is 13.9 Å². The highest BCUT2D eigenvalue weighted by Crippen LogP contribution is 2.27. The van der Waals surface area contributed by atoms with E-state index in [1.165, 1.54) is 30.3 Å². The molecule has 0 saturated heterocycles. The van der Waals surface area contributed by atoms with Gasteiger partial charge < -0.3 is 10.6 Å². The number of nitrogens with zero attached hydrogens (tertiary/aromatic N) is 1. The highest BCUT2D eigenvalue weighted by molar-refractivity contribution is 7.92. The zero-order chi connectivity index (χ0) is 25.6. The number of para-hydroxylation sites is 1. The second kappa shape index (κ2) is 11.6. The summed E-state index contributed by atoms with van der Waals surface area (Å²) < 4.78 is 27.9. The average molecular weight is 534 g/mol. The highest BCUT2D eigenvalue weighted by atomic mass is 35.5. The third kappa shape index (κ3) is 6.75. The van der Waals surface area contributed by atoms with Crippen LogP contribution in [0, 0.1) is 0 Å².